The van der Waals surface area contributed by atoms with E-state index in [0.29, 0.717) is 10.6 Å². The molecule has 0 aliphatic heterocycles. The standard InChI is InChI=1S/C22H23ClN2O/c1-14-5-10-20-17(12-14)18-13-22(2,24)11-3-4-19(18)25(20)21(26)15-6-8-16(23)9-7-15/h5-10,12H,3-4,11,13,24H2,1-2H3. The Hall–Kier alpha value is -2.10. The lowest BCUT2D eigenvalue weighted by Crippen LogP contribution is -2.37. The lowest BCUT2D eigenvalue weighted by molar-refractivity contribution is 0.0962. The van der Waals surface area contributed by atoms with Gasteiger partial charge in [0.1, 0.15) is 0 Å². The average Bonchev–Trinajstić information content (AvgIpc) is 2.77. The fourth-order valence-electron chi connectivity index (χ4n) is 4.09. The van der Waals surface area contributed by atoms with E-state index >= 15 is 0 Å². The fourth-order valence-corrected chi connectivity index (χ4v) is 4.21. The normalized spacial score (nSPS) is 20.0. The zero-order valence-corrected chi connectivity index (χ0v) is 15.9. The molecule has 4 rings (SSSR count). The molecule has 0 radical (unpaired) electrons. The second-order valence-electron chi connectivity index (χ2n) is 7.78. The molecule has 0 amide bonds. The second kappa shape index (κ2) is 6.26. The lowest BCUT2D eigenvalue weighted by atomic mass is 9.91. The molecule has 0 fully saturated rings. The van der Waals surface area contributed by atoms with Gasteiger partial charge in [-0.1, -0.05) is 23.2 Å². The quantitative estimate of drug-likeness (QED) is 0.623. The number of aromatic nitrogens is 1. The van der Waals surface area contributed by atoms with Crippen molar-refractivity contribution in [2.45, 2.75) is 45.1 Å². The van der Waals surface area contributed by atoms with Gasteiger partial charge in [0.2, 0.25) is 0 Å². The molecule has 1 aliphatic carbocycles. The van der Waals surface area contributed by atoms with Crippen LogP contribution in [-0.2, 0) is 12.8 Å². The minimum Gasteiger partial charge on any atom is -0.325 e. The number of carbonyl (C=O) groups is 1. The van der Waals surface area contributed by atoms with E-state index in [2.05, 4.69) is 32.0 Å². The highest BCUT2D eigenvalue weighted by molar-refractivity contribution is 6.30. The molecule has 0 bridgehead atoms. The number of hydrogen-bond acceptors (Lipinski definition) is 2. The van der Waals surface area contributed by atoms with E-state index in [0.717, 1.165) is 42.3 Å². The molecule has 1 aliphatic rings. The molecule has 0 spiro atoms. The van der Waals surface area contributed by atoms with E-state index in [1.165, 1.54) is 11.1 Å². The van der Waals surface area contributed by atoms with E-state index in [4.69, 9.17) is 17.3 Å². The van der Waals surface area contributed by atoms with Crippen molar-refractivity contribution in [3.8, 4) is 0 Å². The number of aryl methyl sites for hydroxylation is 1. The van der Waals surface area contributed by atoms with Gasteiger partial charge >= 0.3 is 0 Å². The van der Waals surface area contributed by atoms with Gasteiger partial charge in [-0.3, -0.25) is 9.36 Å². The maximum absolute atomic E-state index is 13.4. The number of fused-ring (bicyclic) bond motifs is 3. The Labute approximate surface area is 158 Å². The third-order valence-corrected chi connectivity index (χ3v) is 5.62. The van der Waals surface area contributed by atoms with Crippen LogP contribution in [0.15, 0.2) is 42.5 Å². The monoisotopic (exact) mass is 366 g/mol. The Morgan fingerprint density at radius 2 is 1.92 bits per heavy atom. The van der Waals surface area contributed by atoms with Crippen molar-refractivity contribution in [1.82, 2.24) is 4.57 Å². The first-order valence-electron chi connectivity index (χ1n) is 9.08. The first kappa shape index (κ1) is 17.3. The van der Waals surface area contributed by atoms with Gasteiger partial charge in [-0.25, -0.2) is 0 Å². The number of halogens is 1. The van der Waals surface area contributed by atoms with Gasteiger partial charge in [0.05, 0.1) is 5.52 Å². The minimum atomic E-state index is -0.239. The third kappa shape index (κ3) is 2.95. The van der Waals surface area contributed by atoms with Crippen molar-refractivity contribution >= 4 is 28.4 Å². The van der Waals surface area contributed by atoms with E-state index in [1.807, 2.05) is 4.57 Å². The summed E-state index contributed by atoms with van der Waals surface area (Å²) in [7, 11) is 0. The molecule has 0 saturated carbocycles. The molecule has 1 aromatic heterocycles. The molecule has 3 nitrogen and oxygen atoms in total. The molecule has 4 heteroatoms. The molecule has 1 heterocycles. The summed E-state index contributed by atoms with van der Waals surface area (Å²) in [5, 5.41) is 1.79. The number of nitrogens with two attached hydrogens (primary N) is 1. The highest BCUT2D eigenvalue weighted by atomic mass is 35.5. The van der Waals surface area contributed by atoms with Crippen molar-refractivity contribution in [2.24, 2.45) is 5.73 Å². The van der Waals surface area contributed by atoms with Crippen LogP contribution in [0.1, 0.15) is 46.9 Å². The Balaban J connectivity index is 1.96. The second-order valence-corrected chi connectivity index (χ2v) is 8.21. The van der Waals surface area contributed by atoms with E-state index in [-0.39, 0.29) is 11.4 Å². The number of carbonyl (C=O) groups excluding carboxylic acids is 1. The minimum absolute atomic E-state index is 0.00241. The molecule has 26 heavy (non-hydrogen) atoms. The van der Waals surface area contributed by atoms with Crippen molar-refractivity contribution in [3.63, 3.8) is 0 Å². The number of rotatable bonds is 1. The summed E-state index contributed by atoms with van der Waals surface area (Å²) in [4.78, 5) is 13.4. The summed E-state index contributed by atoms with van der Waals surface area (Å²) in [5.74, 6) is -0.00241. The number of nitrogens with zero attached hydrogens (tertiary/aromatic N) is 1. The van der Waals surface area contributed by atoms with E-state index in [9.17, 15) is 4.79 Å². The highest BCUT2D eigenvalue weighted by Gasteiger charge is 2.30. The van der Waals surface area contributed by atoms with Crippen LogP contribution in [0.2, 0.25) is 5.02 Å². The van der Waals surface area contributed by atoms with Gasteiger partial charge in [-0.2, -0.15) is 0 Å². The summed E-state index contributed by atoms with van der Waals surface area (Å²) < 4.78 is 1.90. The van der Waals surface area contributed by atoms with Gasteiger partial charge in [-0.05, 0) is 81.5 Å². The Bertz CT molecular complexity index is 999. The SMILES string of the molecule is Cc1ccc2c(c1)c1c(n2C(=O)c2ccc(Cl)cc2)CCCC(C)(N)C1. The Morgan fingerprint density at radius 1 is 1.19 bits per heavy atom. The predicted molar refractivity (Wildman–Crippen MR) is 107 cm³/mol. The summed E-state index contributed by atoms with van der Waals surface area (Å²) in [5.41, 5.74) is 11.4. The van der Waals surface area contributed by atoms with Crippen molar-refractivity contribution in [2.75, 3.05) is 0 Å². The number of benzene rings is 2. The van der Waals surface area contributed by atoms with Crippen LogP contribution in [0.3, 0.4) is 0 Å². The van der Waals surface area contributed by atoms with Crippen molar-refractivity contribution in [1.29, 1.82) is 0 Å². The van der Waals surface area contributed by atoms with E-state index in [1.54, 1.807) is 24.3 Å². The molecular formula is C22H23ClN2O. The molecule has 134 valence electrons. The van der Waals surface area contributed by atoms with Crippen molar-refractivity contribution < 1.29 is 4.79 Å². The molecule has 1 atom stereocenters. The first-order valence-corrected chi connectivity index (χ1v) is 9.45. The molecule has 2 aromatic carbocycles. The van der Waals surface area contributed by atoms with Gasteiger partial charge < -0.3 is 5.73 Å². The van der Waals surface area contributed by atoms with Crippen LogP contribution in [-0.4, -0.2) is 16.0 Å². The van der Waals surface area contributed by atoms with Crippen LogP contribution in [0.4, 0.5) is 0 Å². The molecular weight excluding hydrogens is 344 g/mol. The highest BCUT2D eigenvalue weighted by Crippen LogP contribution is 2.35. The lowest BCUT2D eigenvalue weighted by Gasteiger charge is -2.22. The summed E-state index contributed by atoms with van der Waals surface area (Å²) in [6, 6.07) is 13.4. The predicted octanol–water partition coefficient (Wildman–Crippen LogP) is 4.89. The first-order chi connectivity index (χ1) is 12.4. The van der Waals surface area contributed by atoms with Crippen LogP contribution < -0.4 is 5.73 Å². The van der Waals surface area contributed by atoms with Crippen LogP contribution in [0.5, 0.6) is 0 Å². The zero-order chi connectivity index (χ0) is 18.5. The van der Waals surface area contributed by atoms with Crippen LogP contribution in [0, 0.1) is 6.92 Å². The maximum Gasteiger partial charge on any atom is 0.262 e. The van der Waals surface area contributed by atoms with Gasteiger partial charge in [0.25, 0.3) is 5.91 Å². The average molecular weight is 367 g/mol. The summed E-state index contributed by atoms with van der Waals surface area (Å²) in [6.07, 6.45) is 3.62. The topological polar surface area (TPSA) is 48.0 Å². The Morgan fingerprint density at radius 3 is 2.65 bits per heavy atom. The summed E-state index contributed by atoms with van der Waals surface area (Å²) in [6.45, 7) is 4.20. The largest absolute Gasteiger partial charge is 0.325 e. The zero-order valence-electron chi connectivity index (χ0n) is 15.2. The Kier molecular flexibility index (Phi) is 4.17. The van der Waals surface area contributed by atoms with Gasteiger partial charge in [0.15, 0.2) is 0 Å². The summed E-state index contributed by atoms with van der Waals surface area (Å²) >= 11 is 5.99. The molecule has 1 unspecified atom stereocenters. The fraction of sp³-hybridized carbons (Fsp3) is 0.318. The molecule has 0 saturated heterocycles. The van der Waals surface area contributed by atoms with Crippen molar-refractivity contribution in [3.05, 3.63) is 69.9 Å². The van der Waals surface area contributed by atoms with Gasteiger partial charge in [0, 0.05) is 27.2 Å². The van der Waals surface area contributed by atoms with Crippen LogP contribution >= 0.6 is 11.6 Å². The molecule has 2 N–H and O–H groups in total. The van der Waals surface area contributed by atoms with E-state index < -0.39 is 0 Å². The number of hydrogen-bond donors (Lipinski definition) is 1. The maximum atomic E-state index is 13.4. The third-order valence-electron chi connectivity index (χ3n) is 5.37. The van der Waals surface area contributed by atoms with Gasteiger partial charge in [-0.15, -0.1) is 0 Å². The smallest absolute Gasteiger partial charge is 0.262 e. The van der Waals surface area contributed by atoms with Crippen LogP contribution in [0.25, 0.3) is 10.9 Å². The molecule has 3 aromatic rings.